The van der Waals surface area contributed by atoms with Crippen molar-refractivity contribution in [2.75, 3.05) is 6.54 Å². The van der Waals surface area contributed by atoms with E-state index in [-0.39, 0.29) is 0 Å². The van der Waals surface area contributed by atoms with Crippen molar-refractivity contribution in [1.82, 2.24) is 5.32 Å². The van der Waals surface area contributed by atoms with Crippen LogP contribution in [0, 0.1) is 0 Å². The molecule has 0 fully saturated rings. The molecule has 1 rings (SSSR count). The number of hydrogen-bond acceptors (Lipinski definition) is 1. The smallest absolute Gasteiger partial charge is 0.0320 e. The number of aryl methyl sites for hydroxylation is 1. The van der Waals surface area contributed by atoms with E-state index in [4.69, 9.17) is 0 Å². The molecule has 1 N–H and O–H groups in total. The molecule has 0 radical (unpaired) electrons. The summed E-state index contributed by atoms with van der Waals surface area (Å²) in [5.74, 6) is 0. The summed E-state index contributed by atoms with van der Waals surface area (Å²) in [6.07, 6.45) is 4.79. The number of rotatable bonds is 7. The predicted octanol–water partition coefficient (Wildman–Crippen LogP) is 4.09. The normalized spacial score (nSPS) is 12.7. The van der Waals surface area contributed by atoms with Crippen LogP contribution in [0.25, 0.3) is 0 Å². The summed E-state index contributed by atoms with van der Waals surface area (Å²) in [6, 6.07) is 9.61. The van der Waals surface area contributed by atoms with Gasteiger partial charge in [0.1, 0.15) is 0 Å². The molecule has 1 nitrogen and oxygen atoms in total. The van der Waals surface area contributed by atoms with E-state index in [1.807, 2.05) is 0 Å². The molecule has 1 aromatic carbocycles. The van der Waals surface area contributed by atoms with Crippen molar-refractivity contribution in [1.29, 1.82) is 0 Å². The molecule has 1 aromatic rings. The highest BCUT2D eigenvalue weighted by Gasteiger charge is 2.08. The Morgan fingerprint density at radius 2 is 1.69 bits per heavy atom. The summed E-state index contributed by atoms with van der Waals surface area (Å²) in [5, 5.41) is 3.62. The highest BCUT2D eigenvalue weighted by molar-refractivity contribution is 5.25. The highest BCUT2D eigenvalue weighted by atomic mass is 14.9. The van der Waals surface area contributed by atoms with Gasteiger partial charge in [0.25, 0.3) is 0 Å². The van der Waals surface area contributed by atoms with E-state index in [9.17, 15) is 0 Å². The molecule has 0 aliphatic rings. The summed E-state index contributed by atoms with van der Waals surface area (Å²) in [7, 11) is 0. The summed E-state index contributed by atoms with van der Waals surface area (Å²) in [5.41, 5.74) is 2.86. The molecule has 0 bridgehead atoms. The van der Waals surface area contributed by atoms with Crippen molar-refractivity contribution >= 4 is 0 Å². The molecular formula is C15H25N. The van der Waals surface area contributed by atoms with Gasteiger partial charge in [-0.15, -0.1) is 0 Å². The minimum Gasteiger partial charge on any atom is -0.310 e. The number of nitrogens with one attached hydrogen (secondary N) is 1. The quantitative estimate of drug-likeness (QED) is 0.728. The summed E-state index contributed by atoms with van der Waals surface area (Å²) in [4.78, 5) is 0. The lowest BCUT2D eigenvalue weighted by Gasteiger charge is -2.18. The van der Waals surface area contributed by atoms with Gasteiger partial charge in [-0.2, -0.15) is 0 Å². The molecule has 0 saturated carbocycles. The van der Waals surface area contributed by atoms with Crippen LogP contribution in [-0.2, 0) is 6.42 Å². The SMILES string of the molecule is CCCNC(CCC)c1ccc(CC)cc1. The van der Waals surface area contributed by atoms with E-state index in [2.05, 4.69) is 50.4 Å². The lowest BCUT2D eigenvalue weighted by atomic mass is 10.00. The molecule has 1 atom stereocenters. The largest absolute Gasteiger partial charge is 0.310 e. The van der Waals surface area contributed by atoms with Crippen LogP contribution < -0.4 is 5.32 Å². The first-order chi connectivity index (χ1) is 7.81. The molecule has 1 unspecified atom stereocenters. The molecule has 0 amide bonds. The third-order valence-electron chi connectivity index (χ3n) is 3.01. The molecule has 1 heteroatoms. The fraction of sp³-hybridized carbons (Fsp3) is 0.600. The van der Waals surface area contributed by atoms with Crippen LogP contribution in [0.3, 0.4) is 0 Å². The zero-order chi connectivity index (χ0) is 11.8. The lowest BCUT2D eigenvalue weighted by Crippen LogP contribution is -2.21. The van der Waals surface area contributed by atoms with Gasteiger partial charge in [-0.25, -0.2) is 0 Å². The van der Waals surface area contributed by atoms with E-state index in [0.29, 0.717) is 6.04 Å². The van der Waals surface area contributed by atoms with Gasteiger partial charge < -0.3 is 5.32 Å². The van der Waals surface area contributed by atoms with Gasteiger partial charge in [0.2, 0.25) is 0 Å². The van der Waals surface area contributed by atoms with Crippen LogP contribution >= 0.6 is 0 Å². The van der Waals surface area contributed by atoms with Crippen molar-refractivity contribution in [2.24, 2.45) is 0 Å². The van der Waals surface area contributed by atoms with Gasteiger partial charge in [-0.05, 0) is 36.9 Å². The van der Waals surface area contributed by atoms with Gasteiger partial charge >= 0.3 is 0 Å². The fourth-order valence-electron chi connectivity index (χ4n) is 1.98. The Bertz CT molecular complexity index is 276. The highest BCUT2D eigenvalue weighted by Crippen LogP contribution is 2.19. The summed E-state index contributed by atoms with van der Waals surface area (Å²) in [6.45, 7) is 7.78. The zero-order valence-electron chi connectivity index (χ0n) is 10.9. The monoisotopic (exact) mass is 219 g/mol. The first-order valence-electron chi connectivity index (χ1n) is 6.64. The Kier molecular flexibility index (Phi) is 6.17. The second-order valence-electron chi connectivity index (χ2n) is 4.39. The first kappa shape index (κ1) is 13.2. The van der Waals surface area contributed by atoms with E-state index < -0.39 is 0 Å². The standard InChI is InChI=1S/C15H25N/c1-4-7-15(16-12-5-2)14-10-8-13(6-3)9-11-14/h8-11,15-16H,4-7,12H2,1-3H3. The Morgan fingerprint density at radius 1 is 1.00 bits per heavy atom. The molecule has 0 heterocycles. The second kappa shape index (κ2) is 7.45. The van der Waals surface area contributed by atoms with E-state index in [1.54, 1.807) is 0 Å². The van der Waals surface area contributed by atoms with Gasteiger partial charge in [0, 0.05) is 6.04 Å². The molecule has 0 aliphatic carbocycles. The van der Waals surface area contributed by atoms with Crippen molar-refractivity contribution in [3.63, 3.8) is 0 Å². The van der Waals surface area contributed by atoms with Gasteiger partial charge in [-0.1, -0.05) is 51.5 Å². The molecule has 0 spiro atoms. The average Bonchev–Trinajstić information content (AvgIpc) is 2.35. The molecule has 0 saturated heterocycles. The average molecular weight is 219 g/mol. The van der Waals surface area contributed by atoms with E-state index in [0.717, 1.165) is 13.0 Å². The molecule has 90 valence electrons. The Morgan fingerprint density at radius 3 is 2.19 bits per heavy atom. The Hall–Kier alpha value is -0.820. The second-order valence-corrected chi connectivity index (χ2v) is 4.39. The lowest BCUT2D eigenvalue weighted by molar-refractivity contribution is 0.494. The van der Waals surface area contributed by atoms with Crippen LogP contribution in [0.4, 0.5) is 0 Å². The van der Waals surface area contributed by atoms with Crippen molar-refractivity contribution < 1.29 is 0 Å². The molecular weight excluding hydrogens is 194 g/mol. The summed E-state index contributed by atoms with van der Waals surface area (Å²) < 4.78 is 0. The van der Waals surface area contributed by atoms with E-state index in [1.165, 1.54) is 30.4 Å². The molecule has 0 aromatic heterocycles. The zero-order valence-corrected chi connectivity index (χ0v) is 10.9. The Labute approximate surface area is 100 Å². The van der Waals surface area contributed by atoms with Crippen molar-refractivity contribution in [3.8, 4) is 0 Å². The summed E-state index contributed by atoms with van der Waals surface area (Å²) >= 11 is 0. The van der Waals surface area contributed by atoms with Crippen LogP contribution in [0.2, 0.25) is 0 Å². The van der Waals surface area contributed by atoms with Crippen LogP contribution in [-0.4, -0.2) is 6.54 Å². The third kappa shape index (κ3) is 3.97. The van der Waals surface area contributed by atoms with Crippen LogP contribution in [0.15, 0.2) is 24.3 Å². The first-order valence-corrected chi connectivity index (χ1v) is 6.64. The third-order valence-corrected chi connectivity index (χ3v) is 3.01. The van der Waals surface area contributed by atoms with Gasteiger partial charge in [0.05, 0.1) is 0 Å². The number of benzene rings is 1. The minimum atomic E-state index is 0.538. The van der Waals surface area contributed by atoms with Crippen molar-refractivity contribution in [2.45, 2.75) is 52.5 Å². The molecule has 16 heavy (non-hydrogen) atoms. The maximum Gasteiger partial charge on any atom is 0.0320 e. The maximum absolute atomic E-state index is 3.62. The van der Waals surface area contributed by atoms with E-state index >= 15 is 0 Å². The maximum atomic E-state index is 3.62. The Balaban J connectivity index is 2.67. The minimum absolute atomic E-state index is 0.538. The molecule has 0 aliphatic heterocycles. The van der Waals surface area contributed by atoms with Crippen molar-refractivity contribution in [3.05, 3.63) is 35.4 Å². The fourth-order valence-corrected chi connectivity index (χ4v) is 1.98. The van der Waals surface area contributed by atoms with Crippen LogP contribution in [0.5, 0.6) is 0 Å². The topological polar surface area (TPSA) is 12.0 Å². The van der Waals surface area contributed by atoms with Gasteiger partial charge in [-0.3, -0.25) is 0 Å². The number of hydrogen-bond donors (Lipinski definition) is 1. The van der Waals surface area contributed by atoms with Gasteiger partial charge in [0.15, 0.2) is 0 Å². The predicted molar refractivity (Wildman–Crippen MR) is 71.8 cm³/mol. The van der Waals surface area contributed by atoms with Crippen LogP contribution in [0.1, 0.15) is 57.2 Å².